The molecular formula is C22H23FN4O3S2. The number of carbonyl (C=O) groups excluding carboxylic acids is 1. The van der Waals surface area contributed by atoms with E-state index in [4.69, 9.17) is 0 Å². The summed E-state index contributed by atoms with van der Waals surface area (Å²) in [5.74, 6) is -0.950. The Hall–Kier alpha value is -2.69. The number of hydrogen-bond donors (Lipinski definition) is 1. The lowest BCUT2D eigenvalue weighted by Crippen LogP contribution is -2.39. The van der Waals surface area contributed by atoms with Crippen molar-refractivity contribution in [2.45, 2.75) is 37.0 Å². The van der Waals surface area contributed by atoms with Crippen molar-refractivity contribution >= 4 is 33.0 Å². The topological polar surface area (TPSA) is 92.3 Å². The molecule has 32 heavy (non-hydrogen) atoms. The number of nitrogens with one attached hydrogen (secondary N) is 1. The molecule has 3 aromatic rings. The molecular weight excluding hydrogens is 451 g/mol. The largest absolute Gasteiger partial charge is 0.320 e. The summed E-state index contributed by atoms with van der Waals surface area (Å²) >= 11 is 1.16. The van der Waals surface area contributed by atoms with E-state index in [1.807, 2.05) is 19.1 Å². The molecule has 2 aromatic carbocycles. The van der Waals surface area contributed by atoms with Crippen LogP contribution in [0.2, 0.25) is 0 Å². The van der Waals surface area contributed by atoms with Crippen LogP contribution in [0.15, 0.2) is 53.4 Å². The molecule has 1 atom stereocenters. The van der Waals surface area contributed by atoms with Crippen molar-refractivity contribution in [3.8, 4) is 0 Å². The van der Waals surface area contributed by atoms with E-state index in [0.717, 1.165) is 23.3 Å². The zero-order valence-corrected chi connectivity index (χ0v) is 19.1. The van der Waals surface area contributed by atoms with Crippen LogP contribution in [-0.4, -0.2) is 41.9 Å². The van der Waals surface area contributed by atoms with E-state index in [0.29, 0.717) is 41.5 Å². The number of nitrogens with zero attached hydrogens (tertiary/aromatic N) is 3. The van der Waals surface area contributed by atoms with Crippen molar-refractivity contribution in [3.05, 3.63) is 69.9 Å². The lowest BCUT2D eigenvalue weighted by atomic mass is 10.0. The molecule has 1 aliphatic rings. The van der Waals surface area contributed by atoms with Crippen molar-refractivity contribution in [2.24, 2.45) is 0 Å². The molecule has 1 saturated heterocycles. The fraction of sp³-hybridized carbons (Fsp3) is 0.318. The van der Waals surface area contributed by atoms with E-state index in [2.05, 4.69) is 15.5 Å². The number of hydrogen-bond acceptors (Lipinski definition) is 6. The van der Waals surface area contributed by atoms with Gasteiger partial charge in [-0.25, -0.2) is 12.8 Å². The van der Waals surface area contributed by atoms with Gasteiger partial charge in [0.25, 0.3) is 5.91 Å². The summed E-state index contributed by atoms with van der Waals surface area (Å²) in [6, 6.07) is 12.5. The first-order valence-corrected chi connectivity index (χ1v) is 12.6. The minimum atomic E-state index is -3.62. The zero-order chi connectivity index (χ0) is 22.7. The fourth-order valence-corrected chi connectivity index (χ4v) is 6.44. The Morgan fingerprint density at radius 3 is 2.69 bits per heavy atom. The first-order chi connectivity index (χ1) is 15.4. The number of anilines is 1. The molecule has 0 saturated carbocycles. The van der Waals surface area contributed by atoms with Gasteiger partial charge in [0.1, 0.15) is 10.8 Å². The van der Waals surface area contributed by atoms with Crippen LogP contribution in [0.3, 0.4) is 0 Å². The highest BCUT2D eigenvalue weighted by Gasteiger charge is 2.33. The van der Waals surface area contributed by atoms with Gasteiger partial charge in [-0.3, -0.25) is 4.79 Å². The van der Waals surface area contributed by atoms with Crippen LogP contribution in [0.25, 0.3) is 0 Å². The highest BCUT2D eigenvalue weighted by atomic mass is 32.2. The molecule has 0 aliphatic carbocycles. The molecule has 0 spiro atoms. The van der Waals surface area contributed by atoms with Crippen molar-refractivity contribution in [1.29, 1.82) is 0 Å². The van der Waals surface area contributed by atoms with Crippen LogP contribution in [0.4, 0.5) is 10.1 Å². The molecule has 1 fully saturated rings. The van der Waals surface area contributed by atoms with E-state index in [1.54, 1.807) is 12.1 Å². The maximum Gasteiger partial charge on any atom is 0.286 e. The summed E-state index contributed by atoms with van der Waals surface area (Å²) in [4.78, 5) is 12.8. The Kier molecular flexibility index (Phi) is 6.63. The second-order valence-corrected chi connectivity index (χ2v) is 10.5. The van der Waals surface area contributed by atoms with Gasteiger partial charge in [-0.2, -0.15) is 4.31 Å². The molecule has 0 unspecified atom stereocenters. The molecule has 7 nitrogen and oxygen atoms in total. The number of sulfonamides is 1. The molecule has 10 heteroatoms. The summed E-state index contributed by atoms with van der Waals surface area (Å²) in [7, 11) is -3.62. The van der Waals surface area contributed by atoms with Gasteiger partial charge in [-0.15, -0.1) is 10.2 Å². The number of carbonyl (C=O) groups is 1. The van der Waals surface area contributed by atoms with Gasteiger partial charge >= 0.3 is 0 Å². The summed E-state index contributed by atoms with van der Waals surface area (Å²) < 4.78 is 41.1. The van der Waals surface area contributed by atoms with Crippen molar-refractivity contribution in [2.75, 3.05) is 18.4 Å². The van der Waals surface area contributed by atoms with Crippen LogP contribution in [0.5, 0.6) is 0 Å². The molecule has 4 rings (SSSR count). The van der Waals surface area contributed by atoms with Gasteiger partial charge in [-0.05, 0) is 55.2 Å². The summed E-state index contributed by atoms with van der Waals surface area (Å²) in [5, 5.41) is 11.6. The van der Waals surface area contributed by atoms with E-state index < -0.39 is 15.9 Å². The number of benzene rings is 2. The third-order valence-corrected chi connectivity index (χ3v) is 8.49. The van der Waals surface area contributed by atoms with Crippen LogP contribution < -0.4 is 5.32 Å². The Labute approximate surface area is 190 Å². The predicted octanol–water partition coefficient (Wildman–Crippen LogP) is 4.06. The van der Waals surface area contributed by atoms with E-state index in [-0.39, 0.29) is 16.7 Å². The minimum Gasteiger partial charge on any atom is -0.320 e. The standard InChI is InChI=1S/C22H23FN4O3S2/c1-2-15-6-3-4-8-19(15)32(29,30)27-13-5-7-16(14-27)21-25-26-22(31-21)20(28)24-18-11-9-17(23)10-12-18/h3-4,6,8-12,16H,2,5,7,13-14H2,1H3,(H,24,28)/t16-/m0/s1. The number of amides is 1. The lowest BCUT2D eigenvalue weighted by molar-refractivity contribution is 0.102. The average Bonchev–Trinajstić information content (AvgIpc) is 3.31. The first kappa shape index (κ1) is 22.5. The van der Waals surface area contributed by atoms with Crippen LogP contribution >= 0.6 is 11.3 Å². The number of piperidine rings is 1. The van der Waals surface area contributed by atoms with Gasteiger partial charge in [0.05, 0.1) is 4.90 Å². The molecule has 0 bridgehead atoms. The Bertz CT molecular complexity index is 1210. The Morgan fingerprint density at radius 1 is 1.19 bits per heavy atom. The molecule has 1 aromatic heterocycles. The zero-order valence-electron chi connectivity index (χ0n) is 17.5. The van der Waals surface area contributed by atoms with E-state index in [9.17, 15) is 17.6 Å². The SMILES string of the molecule is CCc1ccccc1S(=O)(=O)N1CCC[C@H](c2nnc(C(=O)Nc3ccc(F)cc3)s2)C1. The average molecular weight is 475 g/mol. The molecule has 0 radical (unpaired) electrons. The van der Waals surface area contributed by atoms with Gasteiger partial charge in [0.2, 0.25) is 15.0 Å². The van der Waals surface area contributed by atoms with Crippen molar-refractivity contribution in [1.82, 2.24) is 14.5 Å². The second-order valence-electron chi connectivity index (χ2n) is 7.57. The second kappa shape index (κ2) is 9.43. The highest BCUT2D eigenvalue weighted by Crippen LogP contribution is 2.32. The monoisotopic (exact) mass is 474 g/mol. The predicted molar refractivity (Wildman–Crippen MR) is 121 cm³/mol. The van der Waals surface area contributed by atoms with Crippen LogP contribution in [-0.2, 0) is 16.4 Å². The molecule has 1 aliphatic heterocycles. The van der Waals surface area contributed by atoms with E-state index in [1.165, 1.54) is 28.6 Å². The summed E-state index contributed by atoms with van der Waals surface area (Å²) in [6.07, 6.45) is 2.11. The molecule has 2 heterocycles. The van der Waals surface area contributed by atoms with Crippen LogP contribution in [0, 0.1) is 5.82 Å². The maximum absolute atomic E-state index is 13.3. The normalized spacial score (nSPS) is 17.2. The van der Waals surface area contributed by atoms with Gasteiger partial charge in [-0.1, -0.05) is 36.5 Å². The lowest BCUT2D eigenvalue weighted by Gasteiger charge is -2.31. The first-order valence-electron chi connectivity index (χ1n) is 10.4. The number of aromatic nitrogens is 2. The Morgan fingerprint density at radius 2 is 1.94 bits per heavy atom. The summed E-state index contributed by atoms with van der Waals surface area (Å²) in [5.41, 5.74) is 1.25. The minimum absolute atomic E-state index is 0.128. The van der Waals surface area contributed by atoms with E-state index >= 15 is 0 Å². The quantitative estimate of drug-likeness (QED) is 0.582. The van der Waals surface area contributed by atoms with Crippen molar-refractivity contribution < 1.29 is 17.6 Å². The maximum atomic E-state index is 13.3. The van der Waals surface area contributed by atoms with Crippen LogP contribution in [0.1, 0.15) is 46.1 Å². The third-order valence-electron chi connectivity index (χ3n) is 5.44. The van der Waals surface area contributed by atoms with Gasteiger partial charge < -0.3 is 5.32 Å². The molecule has 1 N–H and O–H groups in total. The number of aryl methyl sites for hydroxylation is 1. The van der Waals surface area contributed by atoms with Crippen molar-refractivity contribution in [3.63, 3.8) is 0 Å². The number of rotatable bonds is 6. The molecule has 1 amide bonds. The number of halogens is 1. The third kappa shape index (κ3) is 4.72. The highest BCUT2D eigenvalue weighted by molar-refractivity contribution is 7.89. The van der Waals surface area contributed by atoms with Gasteiger partial charge in [0.15, 0.2) is 0 Å². The smallest absolute Gasteiger partial charge is 0.286 e. The Balaban J connectivity index is 1.49. The van der Waals surface area contributed by atoms with Gasteiger partial charge in [0, 0.05) is 24.7 Å². The molecule has 168 valence electrons. The fourth-order valence-electron chi connectivity index (χ4n) is 3.76. The summed E-state index contributed by atoms with van der Waals surface area (Å²) in [6.45, 7) is 2.69.